The Bertz CT molecular complexity index is 1080. The smallest absolute Gasteiger partial charge is 0.303 e. The zero-order chi connectivity index (χ0) is 21.1. The van der Waals surface area contributed by atoms with Crippen LogP contribution in [0.5, 0.6) is 5.75 Å². The van der Waals surface area contributed by atoms with Gasteiger partial charge in [0.25, 0.3) is 0 Å². The summed E-state index contributed by atoms with van der Waals surface area (Å²) in [5, 5.41) is 9.93. The van der Waals surface area contributed by atoms with E-state index < -0.39 is 5.97 Å². The topological polar surface area (TPSA) is 79.4 Å². The summed E-state index contributed by atoms with van der Waals surface area (Å²) in [6.07, 6.45) is 7.27. The molecule has 0 amide bonds. The summed E-state index contributed by atoms with van der Waals surface area (Å²) < 4.78 is 6.24. The van der Waals surface area contributed by atoms with E-state index in [0.29, 0.717) is 24.5 Å². The number of hydrogen-bond acceptors (Lipinski definition) is 3. The van der Waals surface area contributed by atoms with Crippen molar-refractivity contribution >= 4 is 22.7 Å². The van der Waals surface area contributed by atoms with E-state index >= 15 is 0 Å². The van der Waals surface area contributed by atoms with Crippen LogP contribution in [0.2, 0.25) is 0 Å². The number of carbonyl (C=O) groups is 2. The number of nitrogens with one attached hydrogen (secondary N) is 1. The van der Waals surface area contributed by atoms with Gasteiger partial charge in [0.05, 0.1) is 6.61 Å². The third-order valence-electron chi connectivity index (χ3n) is 5.99. The van der Waals surface area contributed by atoms with Crippen molar-refractivity contribution in [1.82, 2.24) is 4.98 Å². The van der Waals surface area contributed by atoms with Gasteiger partial charge in [-0.05, 0) is 67.5 Å². The van der Waals surface area contributed by atoms with E-state index in [2.05, 4.69) is 4.98 Å². The number of benzene rings is 2. The molecule has 2 N–H and O–H groups in total. The summed E-state index contributed by atoms with van der Waals surface area (Å²) in [5.41, 5.74) is 4.44. The minimum atomic E-state index is -0.807. The van der Waals surface area contributed by atoms with E-state index in [0.717, 1.165) is 33.3 Å². The predicted octanol–water partition coefficient (Wildman–Crippen LogP) is 5.62. The zero-order valence-electron chi connectivity index (χ0n) is 17.2. The Morgan fingerprint density at radius 2 is 1.93 bits per heavy atom. The van der Waals surface area contributed by atoms with E-state index in [4.69, 9.17) is 9.84 Å². The van der Waals surface area contributed by atoms with Gasteiger partial charge in [0.15, 0.2) is 5.78 Å². The minimum Gasteiger partial charge on any atom is -0.493 e. The van der Waals surface area contributed by atoms with Crippen LogP contribution in [-0.4, -0.2) is 28.4 Å². The van der Waals surface area contributed by atoms with Gasteiger partial charge in [0.1, 0.15) is 5.75 Å². The van der Waals surface area contributed by atoms with E-state index in [1.807, 2.05) is 36.4 Å². The van der Waals surface area contributed by atoms with Gasteiger partial charge in [0.2, 0.25) is 0 Å². The van der Waals surface area contributed by atoms with Crippen LogP contribution in [0.4, 0.5) is 0 Å². The Balaban J connectivity index is 1.71. The number of aryl methyl sites for hydroxylation is 1. The van der Waals surface area contributed by atoms with Crippen LogP contribution in [0, 0.1) is 5.92 Å². The van der Waals surface area contributed by atoms with Crippen molar-refractivity contribution in [3.63, 3.8) is 0 Å². The highest BCUT2D eigenvalue weighted by Gasteiger charge is 2.18. The van der Waals surface area contributed by atoms with Crippen molar-refractivity contribution in [1.29, 1.82) is 0 Å². The number of fused-ring (bicyclic) bond motifs is 1. The van der Waals surface area contributed by atoms with Crippen LogP contribution in [0.25, 0.3) is 22.0 Å². The standard InChI is InChI=1S/C25H27NO4/c1-16(27)22-14-26-23-9-8-19(13-21(22)23)20-12-17(7-11-25(28)29)6-10-24(20)30-15-18-4-2-3-5-18/h6,8-10,12-14,18,26H,2-5,7,11,15H2,1H3,(H,28,29). The first-order valence-electron chi connectivity index (χ1n) is 10.6. The number of ether oxygens (including phenoxy) is 1. The summed E-state index contributed by atoms with van der Waals surface area (Å²) in [5.74, 6) is 0.616. The lowest BCUT2D eigenvalue weighted by Crippen LogP contribution is -2.09. The third kappa shape index (κ3) is 4.40. The molecule has 0 saturated heterocycles. The molecule has 0 bridgehead atoms. The fourth-order valence-corrected chi connectivity index (χ4v) is 4.30. The number of rotatable bonds is 8. The Morgan fingerprint density at radius 3 is 2.67 bits per heavy atom. The summed E-state index contributed by atoms with van der Waals surface area (Å²) >= 11 is 0. The number of Topliss-reactive ketones (excluding diaryl/α,β-unsaturated/α-hetero) is 1. The second-order valence-corrected chi connectivity index (χ2v) is 8.20. The van der Waals surface area contributed by atoms with Crippen LogP contribution >= 0.6 is 0 Å². The number of carboxylic acids is 1. The van der Waals surface area contributed by atoms with Crippen molar-refractivity contribution in [2.24, 2.45) is 5.92 Å². The predicted molar refractivity (Wildman–Crippen MR) is 117 cm³/mol. The van der Waals surface area contributed by atoms with Crippen LogP contribution in [0.3, 0.4) is 0 Å². The van der Waals surface area contributed by atoms with Gasteiger partial charge in [-0.1, -0.05) is 25.0 Å². The number of aromatic nitrogens is 1. The van der Waals surface area contributed by atoms with Crippen molar-refractivity contribution < 1.29 is 19.4 Å². The average molecular weight is 405 g/mol. The highest BCUT2D eigenvalue weighted by molar-refractivity contribution is 6.07. The van der Waals surface area contributed by atoms with Gasteiger partial charge in [-0.15, -0.1) is 0 Å². The molecule has 1 fully saturated rings. The van der Waals surface area contributed by atoms with Gasteiger partial charge in [-0.2, -0.15) is 0 Å². The summed E-state index contributed by atoms with van der Waals surface area (Å²) in [6.45, 7) is 2.27. The molecule has 1 heterocycles. The van der Waals surface area contributed by atoms with Gasteiger partial charge in [-0.3, -0.25) is 9.59 Å². The molecule has 1 aliphatic carbocycles. The van der Waals surface area contributed by atoms with Crippen LogP contribution in [0.15, 0.2) is 42.6 Å². The zero-order valence-corrected chi connectivity index (χ0v) is 17.2. The lowest BCUT2D eigenvalue weighted by atomic mass is 9.97. The van der Waals surface area contributed by atoms with Crippen molar-refractivity contribution in [3.8, 4) is 16.9 Å². The third-order valence-corrected chi connectivity index (χ3v) is 5.99. The number of hydrogen-bond donors (Lipinski definition) is 2. The number of aliphatic carboxylic acids is 1. The fourth-order valence-electron chi connectivity index (χ4n) is 4.30. The number of aromatic amines is 1. The normalized spacial score (nSPS) is 14.3. The molecule has 5 nitrogen and oxygen atoms in total. The maximum Gasteiger partial charge on any atom is 0.303 e. The quantitative estimate of drug-likeness (QED) is 0.477. The largest absolute Gasteiger partial charge is 0.493 e. The Hall–Kier alpha value is -3.08. The Morgan fingerprint density at radius 1 is 1.13 bits per heavy atom. The van der Waals surface area contributed by atoms with Crippen molar-refractivity contribution in [2.75, 3.05) is 6.61 Å². The first kappa shape index (κ1) is 20.2. The lowest BCUT2D eigenvalue weighted by Gasteiger charge is -2.16. The first-order chi connectivity index (χ1) is 14.5. The molecular formula is C25H27NO4. The molecule has 5 heteroatoms. The Kier molecular flexibility index (Phi) is 5.88. The highest BCUT2D eigenvalue weighted by atomic mass is 16.5. The average Bonchev–Trinajstić information content (AvgIpc) is 3.40. The molecule has 2 aromatic carbocycles. The molecule has 0 spiro atoms. The molecule has 0 aliphatic heterocycles. The van der Waals surface area contributed by atoms with Gasteiger partial charge < -0.3 is 14.8 Å². The van der Waals surface area contributed by atoms with E-state index in [1.54, 1.807) is 13.1 Å². The SMILES string of the molecule is CC(=O)c1c[nH]c2ccc(-c3cc(CCC(=O)O)ccc3OCC3CCCC3)cc12. The lowest BCUT2D eigenvalue weighted by molar-refractivity contribution is -0.136. The van der Waals surface area contributed by atoms with Gasteiger partial charge in [0, 0.05) is 34.6 Å². The summed E-state index contributed by atoms with van der Waals surface area (Å²) in [4.78, 5) is 26.1. The molecule has 0 radical (unpaired) electrons. The van der Waals surface area contributed by atoms with E-state index in [-0.39, 0.29) is 12.2 Å². The molecule has 4 rings (SSSR count). The van der Waals surface area contributed by atoms with Crippen LogP contribution in [-0.2, 0) is 11.2 Å². The molecule has 1 aliphatic rings. The fraction of sp³-hybridized carbons (Fsp3) is 0.360. The maximum absolute atomic E-state index is 12.0. The molecule has 30 heavy (non-hydrogen) atoms. The molecule has 0 atom stereocenters. The maximum atomic E-state index is 12.0. The van der Waals surface area contributed by atoms with E-state index in [9.17, 15) is 9.59 Å². The number of carbonyl (C=O) groups excluding carboxylic acids is 1. The Labute approximate surface area is 176 Å². The first-order valence-corrected chi connectivity index (χ1v) is 10.6. The second-order valence-electron chi connectivity index (χ2n) is 8.20. The van der Waals surface area contributed by atoms with Gasteiger partial charge in [-0.25, -0.2) is 0 Å². The molecular weight excluding hydrogens is 378 g/mol. The number of ketones is 1. The van der Waals surface area contributed by atoms with Crippen LogP contribution < -0.4 is 4.74 Å². The molecule has 1 aromatic heterocycles. The molecule has 156 valence electrons. The number of carboxylic acid groups (broad SMARTS) is 1. The second kappa shape index (κ2) is 8.74. The minimum absolute atomic E-state index is 0.0197. The number of H-pyrrole nitrogens is 1. The van der Waals surface area contributed by atoms with Crippen molar-refractivity contribution in [3.05, 3.63) is 53.7 Å². The molecule has 0 unspecified atom stereocenters. The highest BCUT2D eigenvalue weighted by Crippen LogP contribution is 2.35. The monoisotopic (exact) mass is 405 g/mol. The molecule has 1 saturated carbocycles. The molecule has 3 aromatic rings. The van der Waals surface area contributed by atoms with Gasteiger partial charge >= 0.3 is 5.97 Å². The summed E-state index contributed by atoms with van der Waals surface area (Å²) in [6, 6.07) is 11.9. The summed E-state index contributed by atoms with van der Waals surface area (Å²) in [7, 11) is 0. The van der Waals surface area contributed by atoms with E-state index in [1.165, 1.54) is 25.7 Å². The van der Waals surface area contributed by atoms with Crippen LogP contribution in [0.1, 0.15) is 54.9 Å². The van der Waals surface area contributed by atoms with Crippen molar-refractivity contribution in [2.45, 2.75) is 45.4 Å².